The Bertz CT molecular complexity index is 1550. The molecule has 5 nitrogen and oxygen atoms in total. The van der Waals surface area contributed by atoms with Gasteiger partial charge in [-0.15, -0.1) is 0 Å². The Labute approximate surface area is 215 Å². The van der Waals surface area contributed by atoms with E-state index >= 15 is 0 Å². The number of imidazole rings is 1. The molecule has 37 heavy (non-hydrogen) atoms. The number of rotatable bonds is 4. The number of fused-ring (bicyclic) bond motifs is 5. The largest absolute Gasteiger partial charge is 0.433 e. The minimum absolute atomic E-state index is 0.0741. The van der Waals surface area contributed by atoms with E-state index in [1.807, 2.05) is 37.3 Å². The second-order valence-corrected chi connectivity index (χ2v) is 11.4. The first-order valence-electron chi connectivity index (χ1n) is 12.0. The van der Waals surface area contributed by atoms with Gasteiger partial charge in [-0.3, -0.25) is 9.36 Å². The second-order valence-electron chi connectivity index (χ2n) is 9.07. The van der Waals surface area contributed by atoms with Crippen LogP contribution in [0.3, 0.4) is 0 Å². The average molecular weight is 518 g/mol. The summed E-state index contributed by atoms with van der Waals surface area (Å²) in [6, 6.07) is 18.2. The molecule has 0 radical (unpaired) electrons. The van der Waals surface area contributed by atoms with E-state index in [-0.39, 0.29) is 36.9 Å². The molecular formula is C29H26F2N3O2P. The van der Waals surface area contributed by atoms with Crippen LogP contribution in [-0.2, 0) is 0 Å². The van der Waals surface area contributed by atoms with Gasteiger partial charge in [-0.05, 0) is 67.5 Å². The topological polar surface area (TPSA) is 47.4 Å². The van der Waals surface area contributed by atoms with Crippen molar-refractivity contribution >= 4 is 30.2 Å². The monoisotopic (exact) mass is 517 g/mol. The van der Waals surface area contributed by atoms with Gasteiger partial charge in [0.25, 0.3) is 5.91 Å². The maximum Gasteiger partial charge on any atom is 0.387 e. The van der Waals surface area contributed by atoms with Crippen molar-refractivity contribution in [3.05, 3.63) is 83.2 Å². The van der Waals surface area contributed by atoms with Crippen LogP contribution >= 0.6 is 7.92 Å². The number of carbonyl (C=O) groups excluding carboxylic acids is 1. The van der Waals surface area contributed by atoms with E-state index in [1.165, 1.54) is 11.4 Å². The van der Waals surface area contributed by atoms with Crippen molar-refractivity contribution in [3.8, 4) is 23.3 Å². The Balaban J connectivity index is 1.70. The first-order valence-corrected chi connectivity index (χ1v) is 14.2. The standard InChI is InChI=1S/C29H26F2N3O2P/c1-5-23-27-32-22-16-13-19(10-9-18-11-14-20(15-12-18)37(3)4)17-24(22)34(27)26-21(28(35)33(23)2)7-6-8-25(26)36-29(30)31/h6-8,11-17,23,29H,5H2,1-4H3. The fourth-order valence-electron chi connectivity index (χ4n) is 4.70. The molecule has 2 heterocycles. The fourth-order valence-corrected chi connectivity index (χ4v) is 5.44. The number of para-hydroxylation sites is 1. The van der Waals surface area contributed by atoms with E-state index in [9.17, 15) is 13.6 Å². The second kappa shape index (κ2) is 9.95. The van der Waals surface area contributed by atoms with Crippen molar-refractivity contribution < 1.29 is 18.3 Å². The zero-order valence-corrected chi connectivity index (χ0v) is 21.9. The summed E-state index contributed by atoms with van der Waals surface area (Å²) in [4.78, 5) is 19.8. The molecule has 1 aliphatic rings. The summed E-state index contributed by atoms with van der Waals surface area (Å²) in [5, 5.41) is 1.31. The van der Waals surface area contributed by atoms with Crippen LogP contribution in [0.1, 0.15) is 46.7 Å². The van der Waals surface area contributed by atoms with Gasteiger partial charge < -0.3 is 9.64 Å². The Hall–Kier alpha value is -3.75. The van der Waals surface area contributed by atoms with Gasteiger partial charge in [0.15, 0.2) is 5.75 Å². The van der Waals surface area contributed by atoms with Crippen molar-refractivity contribution in [1.29, 1.82) is 0 Å². The summed E-state index contributed by atoms with van der Waals surface area (Å²) in [6.07, 6.45) is 0.602. The molecule has 0 aliphatic carbocycles. The number of carbonyl (C=O) groups is 1. The lowest BCUT2D eigenvalue weighted by Crippen LogP contribution is -2.30. The molecule has 0 N–H and O–H groups in total. The molecule has 3 aromatic carbocycles. The first kappa shape index (κ1) is 24.9. The van der Waals surface area contributed by atoms with E-state index in [4.69, 9.17) is 9.72 Å². The Kier molecular flexibility index (Phi) is 6.70. The maximum atomic E-state index is 13.4. The SMILES string of the molecule is CCC1c2nc3ccc(C#Cc4ccc(P(C)C)cc4)cc3n2-c2c(OC(F)F)cccc2C(=O)N1C. The van der Waals surface area contributed by atoms with Gasteiger partial charge in [-0.2, -0.15) is 8.78 Å². The number of hydrogen-bond acceptors (Lipinski definition) is 3. The molecule has 5 rings (SSSR count). The first-order chi connectivity index (χ1) is 17.8. The smallest absolute Gasteiger partial charge is 0.387 e. The molecule has 8 heteroatoms. The lowest BCUT2D eigenvalue weighted by atomic mass is 10.1. The molecule has 1 aromatic heterocycles. The van der Waals surface area contributed by atoms with Crippen molar-refractivity contribution in [2.75, 3.05) is 20.4 Å². The van der Waals surface area contributed by atoms with Crippen molar-refractivity contribution in [3.63, 3.8) is 0 Å². The van der Waals surface area contributed by atoms with Gasteiger partial charge in [0.2, 0.25) is 0 Å². The van der Waals surface area contributed by atoms with Gasteiger partial charge in [0.1, 0.15) is 11.5 Å². The highest BCUT2D eigenvalue weighted by molar-refractivity contribution is 7.64. The third-order valence-electron chi connectivity index (χ3n) is 6.56. The van der Waals surface area contributed by atoms with Gasteiger partial charge in [-0.25, -0.2) is 4.98 Å². The molecule has 1 amide bonds. The van der Waals surface area contributed by atoms with Gasteiger partial charge in [0, 0.05) is 18.2 Å². The summed E-state index contributed by atoms with van der Waals surface area (Å²) in [5.74, 6) is 6.66. The minimum atomic E-state index is -3.03. The summed E-state index contributed by atoms with van der Waals surface area (Å²) in [5.41, 5.74) is 3.56. The number of ether oxygens (including phenoxy) is 1. The molecule has 1 unspecified atom stereocenters. The lowest BCUT2D eigenvalue weighted by molar-refractivity contribution is -0.0498. The number of alkyl halides is 2. The zero-order chi connectivity index (χ0) is 26.3. The molecule has 1 atom stereocenters. The number of benzene rings is 3. The van der Waals surface area contributed by atoms with Crippen LogP contribution in [0.4, 0.5) is 8.78 Å². The molecule has 188 valence electrons. The van der Waals surface area contributed by atoms with Gasteiger partial charge in [0.05, 0.1) is 22.6 Å². The van der Waals surface area contributed by atoms with Gasteiger partial charge >= 0.3 is 6.61 Å². The predicted octanol–water partition coefficient (Wildman–Crippen LogP) is 5.93. The molecule has 0 bridgehead atoms. The average Bonchev–Trinajstić information content (AvgIpc) is 3.21. The molecule has 0 saturated heterocycles. The Morgan fingerprint density at radius 2 is 1.76 bits per heavy atom. The molecule has 0 fully saturated rings. The van der Waals surface area contributed by atoms with Crippen LogP contribution < -0.4 is 10.0 Å². The van der Waals surface area contributed by atoms with E-state index in [0.717, 1.165) is 11.1 Å². The molecule has 0 spiro atoms. The maximum absolute atomic E-state index is 13.4. The molecule has 0 saturated carbocycles. The third kappa shape index (κ3) is 4.58. The normalized spacial score (nSPS) is 14.9. The third-order valence-corrected chi connectivity index (χ3v) is 7.89. The number of halogens is 2. The number of hydrogen-bond donors (Lipinski definition) is 0. The van der Waals surface area contributed by atoms with Crippen LogP contribution in [0.5, 0.6) is 5.75 Å². The summed E-state index contributed by atoms with van der Waals surface area (Å²) < 4.78 is 33.4. The molecule has 1 aliphatic heterocycles. The van der Waals surface area contributed by atoms with Crippen molar-refractivity contribution in [1.82, 2.24) is 14.5 Å². The summed E-state index contributed by atoms with van der Waals surface area (Å²) >= 11 is 0. The van der Waals surface area contributed by atoms with Crippen LogP contribution in [-0.4, -0.2) is 47.3 Å². The molecular weight excluding hydrogens is 491 g/mol. The fraction of sp³-hybridized carbons (Fsp3) is 0.241. The van der Waals surface area contributed by atoms with Crippen LogP contribution in [0.2, 0.25) is 0 Å². The Morgan fingerprint density at radius 1 is 1.05 bits per heavy atom. The predicted molar refractivity (Wildman–Crippen MR) is 144 cm³/mol. The summed E-state index contributed by atoms with van der Waals surface area (Å²) in [7, 11) is 1.54. The summed E-state index contributed by atoms with van der Waals surface area (Å²) in [6.45, 7) is 3.36. The van der Waals surface area contributed by atoms with Crippen LogP contribution in [0, 0.1) is 11.8 Å². The number of amides is 1. The highest BCUT2D eigenvalue weighted by Crippen LogP contribution is 2.40. The minimum Gasteiger partial charge on any atom is -0.433 e. The molecule has 4 aromatic rings. The Morgan fingerprint density at radius 3 is 2.43 bits per heavy atom. The van der Waals surface area contributed by atoms with E-state index in [2.05, 4.69) is 37.3 Å². The highest BCUT2D eigenvalue weighted by atomic mass is 31.1. The van der Waals surface area contributed by atoms with E-state index < -0.39 is 6.61 Å². The van der Waals surface area contributed by atoms with E-state index in [1.54, 1.807) is 28.6 Å². The van der Waals surface area contributed by atoms with Crippen LogP contribution in [0.15, 0.2) is 60.7 Å². The lowest BCUT2D eigenvalue weighted by Gasteiger charge is -2.24. The highest BCUT2D eigenvalue weighted by Gasteiger charge is 2.35. The van der Waals surface area contributed by atoms with Gasteiger partial charge in [-0.1, -0.05) is 44.9 Å². The number of nitrogens with zero attached hydrogens (tertiary/aromatic N) is 3. The zero-order valence-electron chi connectivity index (χ0n) is 21.0. The van der Waals surface area contributed by atoms with Crippen molar-refractivity contribution in [2.24, 2.45) is 0 Å². The quantitative estimate of drug-likeness (QED) is 0.249. The van der Waals surface area contributed by atoms with Crippen molar-refractivity contribution in [2.45, 2.75) is 26.0 Å². The van der Waals surface area contributed by atoms with E-state index in [0.29, 0.717) is 23.3 Å². The number of aromatic nitrogens is 2. The van der Waals surface area contributed by atoms with Crippen LogP contribution in [0.25, 0.3) is 16.7 Å².